The molecule has 0 saturated carbocycles. The van der Waals surface area contributed by atoms with Gasteiger partial charge in [-0.05, 0) is 32.8 Å². The van der Waals surface area contributed by atoms with E-state index in [2.05, 4.69) is 40.0 Å². The van der Waals surface area contributed by atoms with Crippen LogP contribution in [0.5, 0.6) is 0 Å². The summed E-state index contributed by atoms with van der Waals surface area (Å²) in [6.07, 6.45) is 1.44. The summed E-state index contributed by atoms with van der Waals surface area (Å²) in [5.41, 5.74) is 0.684. The van der Waals surface area contributed by atoms with Crippen LogP contribution in [0.25, 0.3) is 0 Å². The van der Waals surface area contributed by atoms with Crippen molar-refractivity contribution in [3.63, 3.8) is 0 Å². The van der Waals surface area contributed by atoms with Crippen LogP contribution in [0.15, 0.2) is 35.3 Å². The van der Waals surface area contributed by atoms with Crippen molar-refractivity contribution in [2.45, 2.75) is 58.7 Å². The summed E-state index contributed by atoms with van der Waals surface area (Å²) in [7, 11) is 1.73. The third-order valence-corrected chi connectivity index (χ3v) is 3.40. The Hall–Kier alpha value is -2.24. The third-order valence-electron chi connectivity index (χ3n) is 3.40. The van der Waals surface area contributed by atoms with Crippen LogP contribution in [-0.2, 0) is 11.3 Å². The van der Waals surface area contributed by atoms with Crippen molar-refractivity contribution in [2.75, 3.05) is 13.6 Å². The van der Waals surface area contributed by atoms with Crippen LogP contribution in [-0.4, -0.2) is 37.3 Å². The summed E-state index contributed by atoms with van der Waals surface area (Å²) in [6.45, 7) is 8.94. The molecule has 6 nitrogen and oxygen atoms in total. The van der Waals surface area contributed by atoms with Gasteiger partial charge in [0.1, 0.15) is 5.60 Å². The first kappa shape index (κ1) is 20.8. The van der Waals surface area contributed by atoms with Gasteiger partial charge in [-0.15, -0.1) is 0 Å². The van der Waals surface area contributed by atoms with E-state index in [-0.39, 0.29) is 12.1 Å². The second-order valence-electron chi connectivity index (χ2n) is 6.92. The zero-order valence-corrected chi connectivity index (χ0v) is 16.1. The lowest BCUT2D eigenvalue weighted by Crippen LogP contribution is -2.48. The van der Waals surface area contributed by atoms with Crippen LogP contribution in [0, 0.1) is 0 Å². The second kappa shape index (κ2) is 10.6. The van der Waals surface area contributed by atoms with Crippen molar-refractivity contribution >= 4 is 12.1 Å². The molecule has 0 fully saturated rings. The van der Waals surface area contributed by atoms with Crippen molar-refractivity contribution < 1.29 is 9.53 Å². The van der Waals surface area contributed by atoms with Gasteiger partial charge in [0.05, 0.1) is 0 Å². The average Bonchev–Trinajstić information content (AvgIpc) is 2.54. The highest BCUT2D eigenvalue weighted by atomic mass is 16.6. The SMILES string of the molecule is CCCC(CNC(=NC)NCc1ccccc1)NC(=O)OC(C)(C)C. The van der Waals surface area contributed by atoms with Crippen molar-refractivity contribution in [2.24, 2.45) is 4.99 Å². The minimum atomic E-state index is -0.498. The molecule has 1 rings (SSSR count). The number of nitrogens with one attached hydrogen (secondary N) is 3. The lowest BCUT2D eigenvalue weighted by Gasteiger charge is -2.24. The molecule has 25 heavy (non-hydrogen) atoms. The van der Waals surface area contributed by atoms with Crippen LogP contribution in [0.3, 0.4) is 0 Å². The standard InChI is InChI=1S/C19H32N4O2/c1-6-10-16(23-18(24)25-19(2,3)4)14-22-17(20-5)21-13-15-11-8-7-9-12-15/h7-9,11-12,16H,6,10,13-14H2,1-5H3,(H,23,24)(H2,20,21,22). The quantitative estimate of drug-likeness (QED) is 0.523. The van der Waals surface area contributed by atoms with Gasteiger partial charge in [-0.2, -0.15) is 0 Å². The highest BCUT2D eigenvalue weighted by molar-refractivity contribution is 5.79. The van der Waals surface area contributed by atoms with Crippen molar-refractivity contribution in [1.82, 2.24) is 16.0 Å². The maximum atomic E-state index is 12.0. The normalized spacial score (nSPS) is 13.1. The molecule has 1 atom stereocenters. The summed E-state index contributed by atoms with van der Waals surface area (Å²) in [5, 5.41) is 9.45. The number of alkyl carbamates (subject to hydrolysis) is 1. The molecule has 0 bridgehead atoms. The molecule has 0 saturated heterocycles. The number of nitrogens with zero attached hydrogens (tertiary/aromatic N) is 1. The van der Waals surface area contributed by atoms with Gasteiger partial charge >= 0.3 is 6.09 Å². The van der Waals surface area contributed by atoms with Crippen LogP contribution < -0.4 is 16.0 Å². The Morgan fingerprint density at radius 3 is 2.44 bits per heavy atom. The molecular formula is C19H32N4O2. The van der Waals surface area contributed by atoms with E-state index in [9.17, 15) is 4.79 Å². The molecular weight excluding hydrogens is 316 g/mol. The maximum Gasteiger partial charge on any atom is 0.407 e. The molecule has 0 aliphatic heterocycles. The largest absolute Gasteiger partial charge is 0.444 e. The minimum absolute atomic E-state index is 0.0184. The van der Waals surface area contributed by atoms with Crippen LogP contribution in [0.1, 0.15) is 46.1 Å². The van der Waals surface area contributed by atoms with E-state index >= 15 is 0 Å². The average molecular weight is 348 g/mol. The van der Waals surface area contributed by atoms with Crippen molar-refractivity contribution in [1.29, 1.82) is 0 Å². The van der Waals surface area contributed by atoms with E-state index in [1.807, 2.05) is 39.0 Å². The Morgan fingerprint density at radius 1 is 1.20 bits per heavy atom. The Balaban J connectivity index is 2.46. The van der Waals surface area contributed by atoms with E-state index in [1.54, 1.807) is 7.05 Å². The summed E-state index contributed by atoms with van der Waals surface area (Å²) < 4.78 is 5.33. The number of hydrogen-bond acceptors (Lipinski definition) is 3. The zero-order valence-electron chi connectivity index (χ0n) is 16.1. The maximum absolute atomic E-state index is 12.0. The first-order chi connectivity index (χ1) is 11.8. The lowest BCUT2D eigenvalue weighted by molar-refractivity contribution is 0.0502. The summed E-state index contributed by atoms with van der Waals surface area (Å²) in [4.78, 5) is 16.2. The molecule has 0 aliphatic carbocycles. The molecule has 0 aliphatic rings. The topological polar surface area (TPSA) is 74.8 Å². The Kier molecular flexibility index (Phi) is 8.81. The molecule has 1 aromatic carbocycles. The fourth-order valence-electron chi connectivity index (χ4n) is 2.27. The minimum Gasteiger partial charge on any atom is -0.444 e. The molecule has 1 aromatic rings. The summed E-state index contributed by atoms with van der Waals surface area (Å²) >= 11 is 0. The Morgan fingerprint density at radius 2 is 1.88 bits per heavy atom. The molecule has 1 amide bonds. The number of hydrogen-bond donors (Lipinski definition) is 3. The number of aliphatic imine (C=N–C) groups is 1. The summed E-state index contributed by atoms with van der Waals surface area (Å²) in [6, 6.07) is 10.1. The van der Waals surface area contributed by atoms with Gasteiger partial charge in [0.15, 0.2) is 5.96 Å². The predicted molar refractivity (Wildman–Crippen MR) is 103 cm³/mol. The van der Waals surface area contributed by atoms with E-state index < -0.39 is 5.60 Å². The number of amides is 1. The number of guanidine groups is 1. The predicted octanol–water partition coefficient (Wildman–Crippen LogP) is 3.05. The third kappa shape index (κ3) is 9.59. The van der Waals surface area contributed by atoms with Gasteiger partial charge in [0, 0.05) is 26.2 Å². The first-order valence-electron chi connectivity index (χ1n) is 8.82. The van der Waals surface area contributed by atoms with Gasteiger partial charge in [-0.1, -0.05) is 43.7 Å². The van der Waals surface area contributed by atoms with Crippen molar-refractivity contribution in [3.05, 3.63) is 35.9 Å². The van der Waals surface area contributed by atoms with Gasteiger partial charge in [0.25, 0.3) is 0 Å². The second-order valence-corrected chi connectivity index (χ2v) is 6.92. The molecule has 0 radical (unpaired) electrons. The van der Waals surface area contributed by atoms with Gasteiger partial charge < -0.3 is 20.7 Å². The van der Waals surface area contributed by atoms with Gasteiger partial charge in [-0.25, -0.2) is 4.79 Å². The van der Waals surface area contributed by atoms with Gasteiger partial charge in [0.2, 0.25) is 0 Å². The molecule has 0 heterocycles. The highest BCUT2D eigenvalue weighted by Crippen LogP contribution is 2.07. The van der Waals surface area contributed by atoms with Crippen LogP contribution >= 0.6 is 0 Å². The Labute approximate surface area is 151 Å². The fourth-order valence-corrected chi connectivity index (χ4v) is 2.27. The number of benzene rings is 1. The first-order valence-corrected chi connectivity index (χ1v) is 8.82. The van der Waals surface area contributed by atoms with Crippen molar-refractivity contribution in [3.8, 4) is 0 Å². The molecule has 0 spiro atoms. The van der Waals surface area contributed by atoms with E-state index in [0.717, 1.165) is 12.8 Å². The van der Waals surface area contributed by atoms with Crippen LogP contribution in [0.2, 0.25) is 0 Å². The molecule has 6 heteroatoms. The van der Waals surface area contributed by atoms with Gasteiger partial charge in [-0.3, -0.25) is 4.99 Å². The van der Waals surface area contributed by atoms with Crippen LogP contribution in [0.4, 0.5) is 4.79 Å². The number of carbonyl (C=O) groups is 1. The number of carbonyl (C=O) groups excluding carboxylic acids is 1. The molecule has 1 unspecified atom stereocenters. The van der Waals surface area contributed by atoms with E-state index in [1.165, 1.54) is 5.56 Å². The molecule has 0 aromatic heterocycles. The lowest BCUT2D eigenvalue weighted by atomic mass is 10.1. The smallest absolute Gasteiger partial charge is 0.407 e. The Bertz CT molecular complexity index is 538. The monoisotopic (exact) mass is 348 g/mol. The molecule has 3 N–H and O–H groups in total. The molecule has 140 valence electrons. The fraction of sp³-hybridized carbons (Fsp3) is 0.579. The highest BCUT2D eigenvalue weighted by Gasteiger charge is 2.19. The van der Waals surface area contributed by atoms with E-state index in [4.69, 9.17) is 4.74 Å². The van der Waals surface area contributed by atoms with E-state index in [0.29, 0.717) is 19.0 Å². The number of rotatable bonds is 7. The summed E-state index contributed by atoms with van der Waals surface area (Å²) in [5.74, 6) is 0.705. The zero-order chi connectivity index (χ0) is 18.7. The number of ether oxygens (including phenoxy) is 1.